The lowest BCUT2D eigenvalue weighted by Gasteiger charge is -2.10. The molecule has 0 aliphatic heterocycles. The number of ether oxygens (including phenoxy) is 1. The highest BCUT2D eigenvalue weighted by molar-refractivity contribution is 7.96. The van der Waals surface area contributed by atoms with E-state index in [9.17, 15) is 18.0 Å². The first kappa shape index (κ1) is 24.6. The van der Waals surface area contributed by atoms with Crippen molar-refractivity contribution < 1.29 is 22.7 Å². The minimum Gasteiger partial charge on any atom is -0.406 e. The van der Waals surface area contributed by atoms with E-state index in [1.807, 2.05) is 50.2 Å². The minimum absolute atomic E-state index is 0.283. The molecule has 1 heterocycles. The van der Waals surface area contributed by atoms with Crippen molar-refractivity contribution in [3.05, 3.63) is 77.4 Å². The second-order valence-corrected chi connectivity index (χ2v) is 9.10. The Morgan fingerprint density at radius 2 is 1.80 bits per heavy atom. The van der Waals surface area contributed by atoms with Crippen molar-refractivity contribution in [1.29, 1.82) is 0 Å². The van der Waals surface area contributed by atoms with Crippen LogP contribution in [0.1, 0.15) is 16.7 Å². The Hall–Kier alpha value is -3.57. The number of aryl methyl sites for hydroxylation is 2. The van der Waals surface area contributed by atoms with Crippen LogP contribution in [0.2, 0.25) is 0 Å². The van der Waals surface area contributed by atoms with Gasteiger partial charge in [-0.1, -0.05) is 24.3 Å². The van der Waals surface area contributed by atoms with Crippen molar-refractivity contribution in [3.8, 4) is 16.3 Å². The molecule has 6 nitrogen and oxygen atoms in total. The number of thiazole rings is 1. The van der Waals surface area contributed by atoms with E-state index in [1.54, 1.807) is 6.21 Å². The molecule has 0 aliphatic carbocycles. The summed E-state index contributed by atoms with van der Waals surface area (Å²) >= 11 is 2.32. The maximum absolute atomic E-state index is 12.3. The molecule has 0 saturated heterocycles. The predicted molar refractivity (Wildman–Crippen MR) is 135 cm³/mol. The Labute approximate surface area is 207 Å². The van der Waals surface area contributed by atoms with Crippen LogP contribution in [0.15, 0.2) is 65.1 Å². The molecule has 4 rings (SSSR count). The van der Waals surface area contributed by atoms with E-state index in [2.05, 4.69) is 24.2 Å². The van der Waals surface area contributed by atoms with Gasteiger partial charge in [0.2, 0.25) is 0 Å². The third-order valence-corrected chi connectivity index (χ3v) is 6.43. The maximum Gasteiger partial charge on any atom is 0.573 e. The molecule has 3 aromatic carbocycles. The summed E-state index contributed by atoms with van der Waals surface area (Å²) in [6.07, 6.45) is -3.13. The van der Waals surface area contributed by atoms with Gasteiger partial charge in [-0.2, -0.15) is 0 Å². The fourth-order valence-electron chi connectivity index (χ4n) is 3.25. The number of para-hydroxylation sites is 1. The summed E-state index contributed by atoms with van der Waals surface area (Å²) < 4.78 is 48.6. The Morgan fingerprint density at radius 3 is 2.49 bits per heavy atom. The molecule has 2 amide bonds. The van der Waals surface area contributed by atoms with Crippen molar-refractivity contribution in [2.24, 2.45) is 4.40 Å². The van der Waals surface area contributed by atoms with Crippen molar-refractivity contribution in [2.45, 2.75) is 20.2 Å². The lowest BCUT2D eigenvalue weighted by molar-refractivity contribution is -0.274. The van der Waals surface area contributed by atoms with Crippen LogP contribution in [0.25, 0.3) is 20.8 Å². The smallest absolute Gasteiger partial charge is 0.406 e. The molecule has 0 aliphatic rings. The number of fused-ring (bicyclic) bond motifs is 1. The second-order valence-electron chi connectivity index (χ2n) is 7.47. The maximum atomic E-state index is 12.3. The fourth-order valence-corrected chi connectivity index (χ4v) is 4.57. The largest absolute Gasteiger partial charge is 0.573 e. The van der Waals surface area contributed by atoms with Gasteiger partial charge in [-0.25, -0.2) is 14.2 Å². The molecule has 0 unspecified atom stereocenters. The van der Waals surface area contributed by atoms with Crippen LogP contribution in [-0.2, 0) is 0 Å². The number of halogens is 3. The number of benzene rings is 3. The quantitative estimate of drug-likeness (QED) is 0.209. The lowest BCUT2D eigenvalue weighted by atomic mass is 10.1. The second kappa shape index (κ2) is 10.4. The van der Waals surface area contributed by atoms with Crippen molar-refractivity contribution in [2.75, 3.05) is 5.32 Å². The van der Waals surface area contributed by atoms with Crippen molar-refractivity contribution in [1.82, 2.24) is 9.71 Å². The van der Waals surface area contributed by atoms with Gasteiger partial charge >= 0.3 is 12.4 Å². The number of anilines is 1. The number of hydrogen-bond donors (Lipinski definition) is 2. The molecular weight excluding hydrogens is 497 g/mol. The zero-order valence-electron chi connectivity index (χ0n) is 18.5. The normalized spacial score (nSPS) is 11.7. The zero-order chi connectivity index (χ0) is 25.0. The molecule has 1 aromatic heterocycles. The van der Waals surface area contributed by atoms with E-state index in [-0.39, 0.29) is 11.8 Å². The highest BCUT2D eigenvalue weighted by Crippen LogP contribution is 2.32. The summed E-state index contributed by atoms with van der Waals surface area (Å²) in [6, 6.07) is 16.6. The van der Waals surface area contributed by atoms with Gasteiger partial charge in [-0.3, -0.25) is 4.72 Å². The molecule has 0 atom stereocenters. The van der Waals surface area contributed by atoms with Crippen LogP contribution in [0.3, 0.4) is 0 Å². The Morgan fingerprint density at radius 1 is 1.09 bits per heavy atom. The number of rotatable bonds is 6. The molecule has 4 aromatic rings. The van der Waals surface area contributed by atoms with Crippen LogP contribution in [0.5, 0.6) is 5.75 Å². The van der Waals surface area contributed by atoms with Crippen LogP contribution in [0, 0.1) is 13.8 Å². The Balaban J connectivity index is 1.37. The van der Waals surface area contributed by atoms with E-state index >= 15 is 0 Å². The number of nitrogens with zero attached hydrogens (tertiary/aromatic N) is 2. The summed E-state index contributed by atoms with van der Waals surface area (Å²) in [5.41, 5.74) is 4.90. The monoisotopic (exact) mass is 516 g/mol. The van der Waals surface area contributed by atoms with Gasteiger partial charge in [0.25, 0.3) is 0 Å². The number of aromatic nitrogens is 1. The highest BCUT2D eigenvalue weighted by Gasteiger charge is 2.31. The van der Waals surface area contributed by atoms with Crippen LogP contribution in [0.4, 0.5) is 23.7 Å². The van der Waals surface area contributed by atoms with Gasteiger partial charge < -0.3 is 10.1 Å². The molecule has 2 N–H and O–H groups in total. The highest BCUT2D eigenvalue weighted by atomic mass is 32.2. The first-order chi connectivity index (χ1) is 16.7. The molecule has 35 heavy (non-hydrogen) atoms. The van der Waals surface area contributed by atoms with Gasteiger partial charge in [0, 0.05) is 17.5 Å². The molecular formula is C24H19F3N4O2S2. The van der Waals surface area contributed by atoms with E-state index in [0.717, 1.165) is 44.7 Å². The van der Waals surface area contributed by atoms with Crippen LogP contribution < -0.4 is 14.8 Å². The summed E-state index contributed by atoms with van der Waals surface area (Å²) in [6.45, 7) is 3.84. The van der Waals surface area contributed by atoms with Crippen LogP contribution >= 0.6 is 23.5 Å². The number of urea groups is 1. The van der Waals surface area contributed by atoms with Gasteiger partial charge in [-0.05, 0) is 66.9 Å². The molecule has 0 radical (unpaired) electrons. The first-order valence-corrected chi connectivity index (χ1v) is 11.9. The van der Waals surface area contributed by atoms with Gasteiger partial charge in [-0.15, -0.1) is 24.5 Å². The zero-order valence-corrected chi connectivity index (χ0v) is 20.1. The molecule has 11 heteroatoms. The van der Waals surface area contributed by atoms with E-state index in [1.165, 1.54) is 35.6 Å². The predicted octanol–water partition coefficient (Wildman–Crippen LogP) is 7.28. The van der Waals surface area contributed by atoms with E-state index < -0.39 is 6.36 Å². The first-order valence-electron chi connectivity index (χ1n) is 10.3. The number of carbonyl (C=O) groups is 1. The summed E-state index contributed by atoms with van der Waals surface area (Å²) in [7, 11) is 0. The number of nitrogens with one attached hydrogen (secondary N) is 2. The molecule has 0 spiro atoms. The Bertz CT molecular complexity index is 1370. The number of amides is 2. The standard InChI is InChI=1S/C24H19F3N4O2S2/c1-14-4-3-5-15(2)21(14)30-23(32)31-35-28-13-16-6-11-20-19(12-16)29-22(34-20)17-7-9-18(10-8-17)33-24(25,26)27/h3-13H,1-2H3,(H2,30,31,32)/b28-13+. The number of carbonyl (C=O) groups excluding carboxylic acids is 1. The van der Waals surface area contributed by atoms with Crippen molar-refractivity contribution >= 4 is 51.6 Å². The lowest BCUT2D eigenvalue weighted by Crippen LogP contribution is -2.23. The molecule has 0 saturated carbocycles. The van der Waals surface area contributed by atoms with Crippen molar-refractivity contribution in [3.63, 3.8) is 0 Å². The third-order valence-electron chi connectivity index (χ3n) is 4.86. The third kappa shape index (κ3) is 6.52. The van der Waals surface area contributed by atoms with E-state index in [4.69, 9.17) is 0 Å². The number of hydrogen-bond acceptors (Lipinski definition) is 6. The minimum atomic E-state index is -4.73. The SMILES string of the molecule is Cc1cccc(C)c1NC(=O)NS/N=C/c1ccc2sc(-c3ccc(OC(F)(F)F)cc3)nc2c1. The average Bonchev–Trinajstić information content (AvgIpc) is 3.22. The van der Waals surface area contributed by atoms with Gasteiger partial charge in [0.15, 0.2) is 0 Å². The molecule has 0 fully saturated rings. The number of alkyl halides is 3. The molecule has 180 valence electrons. The van der Waals surface area contributed by atoms with Gasteiger partial charge in [0.1, 0.15) is 10.8 Å². The summed E-state index contributed by atoms with van der Waals surface area (Å²) in [5.74, 6) is -0.283. The average molecular weight is 517 g/mol. The summed E-state index contributed by atoms with van der Waals surface area (Å²) in [5, 5.41) is 3.49. The van der Waals surface area contributed by atoms with Gasteiger partial charge in [0.05, 0.1) is 22.4 Å². The van der Waals surface area contributed by atoms with Crippen LogP contribution in [-0.4, -0.2) is 23.6 Å². The van der Waals surface area contributed by atoms with E-state index in [0.29, 0.717) is 10.6 Å². The fraction of sp³-hybridized carbons (Fsp3) is 0.125. The summed E-state index contributed by atoms with van der Waals surface area (Å²) in [4.78, 5) is 16.7. The molecule has 0 bridgehead atoms. The Kier molecular flexibility index (Phi) is 7.27. The topological polar surface area (TPSA) is 75.6 Å².